The number of aromatic nitrogens is 2. The first kappa shape index (κ1) is 15.0. The molecule has 0 aromatic carbocycles. The van der Waals surface area contributed by atoms with Crippen molar-refractivity contribution in [1.29, 1.82) is 0 Å². The van der Waals surface area contributed by atoms with Crippen LogP contribution >= 0.6 is 8.58 Å². The Balaban J connectivity index is 2.60. The molecule has 1 atom stereocenters. The Morgan fingerprint density at radius 3 is 2.85 bits per heavy atom. The molecule has 0 aliphatic rings. The third-order valence-corrected chi connectivity index (χ3v) is 4.29. The summed E-state index contributed by atoms with van der Waals surface area (Å²) >= 11 is 0. The molecule has 0 saturated heterocycles. The largest absolute Gasteiger partial charge is 0.374 e. The van der Waals surface area contributed by atoms with Crippen LogP contribution in [0, 0.1) is 0 Å². The first-order valence-electron chi connectivity index (χ1n) is 6.94. The minimum atomic E-state index is 0.0993. The summed E-state index contributed by atoms with van der Waals surface area (Å²) in [5.74, 6) is 0.0993. The number of ketones is 1. The van der Waals surface area contributed by atoms with Crippen LogP contribution in [0.1, 0.15) is 24.2 Å². The van der Waals surface area contributed by atoms with Crippen LogP contribution in [0.4, 0.5) is 5.69 Å². The number of fused-ring (bicyclic) bond motifs is 1. The standard InChI is InChI=1S/C15H22N3OP/c1-5-18-10-12(11(2)19)14-13(6-7-16-15(14)18)17(3)8-9-20-4/h6-7,10,20H,5,8-9H2,1-4H3. The van der Waals surface area contributed by atoms with Crippen molar-refractivity contribution in [2.75, 3.05) is 31.3 Å². The Morgan fingerprint density at radius 1 is 1.50 bits per heavy atom. The highest BCUT2D eigenvalue weighted by atomic mass is 31.1. The van der Waals surface area contributed by atoms with E-state index >= 15 is 0 Å². The maximum absolute atomic E-state index is 11.9. The molecule has 0 N–H and O–H groups in total. The number of carbonyl (C=O) groups is 1. The Morgan fingerprint density at radius 2 is 2.25 bits per heavy atom. The van der Waals surface area contributed by atoms with E-state index in [9.17, 15) is 4.79 Å². The number of nitrogens with zero attached hydrogens (tertiary/aromatic N) is 3. The first-order chi connectivity index (χ1) is 9.60. The van der Waals surface area contributed by atoms with Gasteiger partial charge in [-0.25, -0.2) is 4.98 Å². The van der Waals surface area contributed by atoms with Crippen molar-refractivity contribution in [3.63, 3.8) is 0 Å². The summed E-state index contributed by atoms with van der Waals surface area (Å²) in [4.78, 5) is 18.6. The monoisotopic (exact) mass is 291 g/mol. The zero-order valence-electron chi connectivity index (χ0n) is 12.6. The highest BCUT2D eigenvalue weighted by Crippen LogP contribution is 2.30. The number of pyridine rings is 1. The minimum Gasteiger partial charge on any atom is -0.374 e. The van der Waals surface area contributed by atoms with E-state index in [0.717, 1.165) is 44.0 Å². The number of Topliss-reactive ketones (excluding diaryl/α,β-unsaturated/α-hetero) is 1. The summed E-state index contributed by atoms with van der Waals surface area (Å²) in [6, 6.07) is 2.01. The quantitative estimate of drug-likeness (QED) is 0.606. The van der Waals surface area contributed by atoms with Gasteiger partial charge in [0, 0.05) is 43.8 Å². The van der Waals surface area contributed by atoms with Gasteiger partial charge in [-0.2, -0.15) is 0 Å². The molecule has 2 aromatic rings. The fraction of sp³-hybridized carbons (Fsp3) is 0.467. The van der Waals surface area contributed by atoms with E-state index in [1.165, 1.54) is 6.16 Å². The number of aryl methyl sites for hydroxylation is 1. The summed E-state index contributed by atoms with van der Waals surface area (Å²) < 4.78 is 2.05. The number of rotatable bonds is 6. The van der Waals surface area contributed by atoms with Crippen LogP contribution < -0.4 is 4.90 Å². The lowest BCUT2D eigenvalue weighted by Crippen LogP contribution is -2.20. The number of carbonyl (C=O) groups excluding carboxylic acids is 1. The van der Waals surface area contributed by atoms with Gasteiger partial charge in [-0.15, -0.1) is 8.58 Å². The Bertz CT molecular complexity index is 621. The molecule has 0 saturated carbocycles. The molecule has 0 aliphatic heterocycles. The summed E-state index contributed by atoms with van der Waals surface area (Å²) in [5.41, 5.74) is 2.78. The van der Waals surface area contributed by atoms with Crippen LogP contribution in [0.5, 0.6) is 0 Å². The lowest BCUT2D eigenvalue weighted by Gasteiger charge is -2.20. The van der Waals surface area contributed by atoms with Crippen LogP contribution in [0.3, 0.4) is 0 Å². The Kier molecular flexibility index (Phi) is 4.77. The fourth-order valence-corrected chi connectivity index (χ4v) is 2.98. The molecule has 5 heteroatoms. The first-order valence-corrected chi connectivity index (χ1v) is 8.65. The normalized spacial score (nSPS) is 11.6. The average molecular weight is 291 g/mol. The van der Waals surface area contributed by atoms with Crippen molar-refractivity contribution in [1.82, 2.24) is 9.55 Å². The molecule has 2 rings (SSSR count). The van der Waals surface area contributed by atoms with Crippen LogP contribution in [-0.4, -0.2) is 41.8 Å². The van der Waals surface area contributed by atoms with Crippen molar-refractivity contribution in [2.24, 2.45) is 0 Å². The summed E-state index contributed by atoms with van der Waals surface area (Å²) in [7, 11) is 3.03. The second-order valence-corrected chi connectivity index (χ2v) is 6.15. The lowest BCUT2D eigenvalue weighted by molar-refractivity contribution is 0.101. The van der Waals surface area contributed by atoms with E-state index in [4.69, 9.17) is 0 Å². The fourth-order valence-electron chi connectivity index (χ4n) is 2.42. The van der Waals surface area contributed by atoms with E-state index in [0.29, 0.717) is 0 Å². The Hall–Kier alpha value is -1.41. The van der Waals surface area contributed by atoms with Crippen molar-refractivity contribution < 1.29 is 4.79 Å². The molecular formula is C15H22N3OP. The maximum atomic E-state index is 11.9. The molecule has 0 radical (unpaired) electrons. The Labute approximate surface area is 122 Å². The van der Waals surface area contributed by atoms with Gasteiger partial charge in [0.2, 0.25) is 0 Å². The molecule has 108 valence electrons. The zero-order chi connectivity index (χ0) is 14.7. The molecule has 2 heterocycles. The third-order valence-electron chi connectivity index (χ3n) is 3.56. The molecule has 2 aromatic heterocycles. The third kappa shape index (κ3) is 2.71. The topological polar surface area (TPSA) is 38.1 Å². The molecule has 1 unspecified atom stereocenters. The van der Waals surface area contributed by atoms with Crippen LogP contribution in [0.15, 0.2) is 18.5 Å². The molecule has 0 amide bonds. The molecule has 0 fully saturated rings. The highest BCUT2D eigenvalue weighted by Gasteiger charge is 2.17. The molecule has 20 heavy (non-hydrogen) atoms. The molecular weight excluding hydrogens is 269 g/mol. The van der Waals surface area contributed by atoms with Gasteiger partial charge in [-0.3, -0.25) is 4.79 Å². The highest BCUT2D eigenvalue weighted by molar-refractivity contribution is 7.37. The van der Waals surface area contributed by atoms with Crippen LogP contribution in [-0.2, 0) is 6.54 Å². The van der Waals surface area contributed by atoms with Crippen LogP contribution in [0.2, 0.25) is 0 Å². The van der Waals surface area contributed by atoms with Gasteiger partial charge in [-0.1, -0.05) is 0 Å². The smallest absolute Gasteiger partial charge is 0.162 e. The van der Waals surface area contributed by atoms with E-state index in [1.807, 2.05) is 23.0 Å². The van der Waals surface area contributed by atoms with Crippen molar-refractivity contribution in [3.05, 3.63) is 24.0 Å². The van der Waals surface area contributed by atoms with Gasteiger partial charge in [0.25, 0.3) is 0 Å². The second-order valence-electron chi connectivity index (χ2n) is 4.94. The van der Waals surface area contributed by atoms with E-state index < -0.39 is 0 Å². The van der Waals surface area contributed by atoms with Gasteiger partial charge in [0.15, 0.2) is 5.78 Å². The van der Waals surface area contributed by atoms with E-state index in [-0.39, 0.29) is 5.78 Å². The van der Waals surface area contributed by atoms with Gasteiger partial charge < -0.3 is 9.47 Å². The summed E-state index contributed by atoms with van der Waals surface area (Å²) in [6.07, 6.45) is 4.93. The predicted octanol–water partition coefficient (Wildman–Crippen LogP) is 3.00. The predicted molar refractivity (Wildman–Crippen MR) is 87.8 cm³/mol. The number of hydrogen-bond donors (Lipinski definition) is 0. The van der Waals surface area contributed by atoms with Gasteiger partial charge in [0.1, 0.15) is 5.65 Å². The molecule has 0 bridgehead atoms. The van der Waals surface area contributed by atoms with Gasteiger partial charge in [-0.05, 0) is 32.7 Å². The van der Waals surface area contributed by atoms with Gasteiger partial charge >= 0.3 is 0 Å². The minimum absolute atomic E-state index is 0.0993. The van der Waals surface area contributed by atoms with Crippen molar-refractivity contribution in [3.8, 4) is 0 Å². The van der Waals surface area contributed by atoms with E-state index in [2.05, 4.69) is 30.5 Å². The number of anilines is 1. The summed E-state index contributed by atoms with van der Waals surface area (Å²) in [6.45, 7) is 7.73. The summed E-state index contributed by atoms with van der Waals surface area (Å²) in [5, 5.41) is 0.990. The van der Waals surface area contributed by atoms with Crippen molar-refractivity contribution in [2.45, 2.75) is 20.4 Å². The maximum Gasteiger partial charge on any atom is 0.162 e. The van der Waals surface area contributed by atoms with Crippen molar-refractivity contribution >= 4 is 31.1 Å². The molecule has 0 spiro atoms. The lowest BCUT2D eigenvalue weighted by atomic mass is 10.1. The van der Waals surface area contributed by atoms with E-state index in [1.54, 1.807) is 6.92 Å². The second kappa shape index (κ2) is 6.36. The molecule has 0 aliphatic carbocycles. The SMILES string of the molecule is CCn1cc(C(C)=O)c2c(N(C)CCPC)ccnc21. The average Bonchev–Trinajstić information content (AvgIpc) is 2.83. The number of hydrogen-bond acceptors (Lipinski definition) is 3. The zero-order valence-corrected chi connectivity index (χ0v) is 13.6. The molecule has 4 nitrogen and oxygen atoms in total. The van der Waals surface area contributed by atoms with Crippen LogP contribution in [0.25, 0.3) is 11.0 Å². The van der Waals surface area contributed by atoms with Gasteiger partial charge in [0.05, 0.1) is 5.39 Å².